The second-order valence-corrected chi connectivity index (χ2v) is 9.61. The van der Waals surface area contributed by atoms with Crippen molar-refractivity contribution in [3.63, 3.8) is 0 Å². The minimum atomic E-state index is -0.438. The average molecular weight is 463 g/mol. The molecular formula is C26H26N2O4S. The molecule has 1 aliphatic heterocycles. The van der Waals surface area contributed by atoms with E-state index in [1.165, 1.54) is 24.0 Å². The summed E-state index contributed by atoms with van der Waals surface area (Å²) in [5.41, 5.74) is 2.87. The van der Waals surface area contributed by atoms with E-state index < -0.39 is 11.8 Å². The molecule has 33 heavy (non-hydrogen) atoms. The van der Waals surface area contributed by atoms with Crippen molar-refractivity contribution in [2.45, 2.75) is 26.2 Å². The SMILES string of the molecule is COc1ccc(N2C(=O)C(Nc3ccc(C(C)(C)C)cc3)=C(c3cccs3)C2=O)c(OC)c1. The second kappa shape index (κ2) is 8.75. The lowest BCUT2D eigenvalue weighted by Crippen LogP contribution is -2.32. The van der Waals surface area contributed by atoms with Crippen molar-refractivity contribution in [1.29, 1.82) is 0 Å². The van der Waals surface area contributed by atoms with Crippen molar-refractivity contribution in [1.82, 2.24) is 0 Å². The maximum Gasteiger partial charge on any atom is 0.282 e. The lowest BCUT2D eigenvalue weighted by atomic mass is 9.87. The molecule has 0 spiro atoms. The number of carbonyl (C=O) groups is 2. The van der Waals surface area contributed by atoms with E-state index in [1.807, 2.05) is 41.8 Å². The molecule has 0 radical (unpaired) electrons. The molecule has 170 valence electrons. The molecule has 0 saturated heterocycles. The second-order valence-electron chi connectivity index (χ2n) is 8.66. The van der Waals surface area contributed by atoms with Gasteiger partial charge in [-0.1, -0.05) is 39.0 Å². The Hall–Kier alpha value is -3.58. The lowest BCUT2D eigenvalue weighted by Gasteiger charge is -2.20. The van der Waals surface area contributed by atoms with Gasteiger partial charge < -0.3 is 14.8 Å². The molecule has 0 bridgehead atoms. The van der Waals surface area contributed by atoms with Crippen molar-refractivity contribution in [3.05, 3.63) is 76.1 Å². The first-order chi connectivity index (χ1) is 15.7. The van der Waals surface area contributed by atoms with Crippen LogP contribution >= 0.6 is 11.3 Å². The Kier molecular flexibility index (Phi) is 5.99. The maximum atomic E-state index is 13.6. The van der Waals surface area contributed by atoms with Crippen LogP contribution in [-0.4, -0.2) is 26.0 Å². The van der Waals surface area contributed by atoms with Crippen LogP contribution in [0.5, 0.6) is 11.5 Å². The first kappa shape index (κ1) is 22.6. The summed E-state index contributed by atoms with van der Waals surface area (Å²) in [6.07, 6.45) is 0. The number of anilines is 2. The Morgan fingerprint density at radius 1 is 0.909 bits per heavy atom. The number of ether oxygens (including phenoxy) is 2. The van der Waals surface area contributed by atoms with Gasteiger partial charge in [0.2, 0.25) is 0 Å². The molecule has 2 amide bonds. The molecule has 0 aliphatic carbocycles. The highest BCUT2D eigenvalue weighted by atomic mass is 32.1. The summed E-state index contributed by atoms with van der Waals surface area (Å²) < 4.78 is 10.7. The largest absolute Gasteiger partial charge is 0.497 e. The molecule has 1 N–H and O–H groups in total. The number of benzene rings is 2. The van der Waals surface area contributed by atoms with Gasteiger partial charge >= 0.3 is 0 Å². The summed E-state index contributed by atoms with van der Waals surface area (Å²) in [4.78, 5) is 29.0. The van der Waals surface area contributed by atoms with Gasteiger partial charge in [0.25, 0.3) is 11.8 Å². The molecule has 4 rings (SSSR count). The van der Waals surface area contributed by atoms with Crippen molar-refractivity contribution < 1.29 is 19.1 Å². The predicted octanol–water partition coefficient (Wildman–Crippen LogP) is 5.46. The van der Waals surface area contributed by atoms with Gasteiger partial charge in [0.05, 0.1) is 25.5 Å². The van der Waals surface area contributed by atoms with E-state index in [0.717, 1.165) is 15.5 Å². The number of nitrogens with zero attached hydrogens (tertiary/aromatic N) is 1. The van der Waals surface area contributed by atoms with Crippen LogP contribution < -0.4 is 19.7 Å². The Balaban J connectivity index is 1.76. The van der Waals surface area contributed by atoms with E-state index in [1.54, 1.807) is 25.3 Å². The molecule has 7 heteroatoms. The number of imide groups is 1. The molecular weight excluding hydrogens is 436 g/mol. The Morgan fingerprint density at radius 2 is 1.64 bits per heavy atom. The van der Waals surface area contributed by atoms with Gasteiger partial charge in [0.15, 0.2) is 0 Å². The van der Waals surface area contributed by atoms with E-state index in [9.17, 15) is 9.59 Å². The van der Waals surface area contributed by atoms with Crippen LogP contribution in [-0.2, 0) is 15.0 Å². The molecule has 0 atom stereocenters. The summed E-state index contributed by atoms with van der Waals surface area (Å²) in [6, 6.07) is 16.6. The monoisotopic (exact) mass is 462 g/mol. The van der Waals surface area contributed by atoms with E-state index >= 15 is 0 Å². The highest BCUT2D eigenvalue weighted by Crippen LogP contribution is 2.40. The number of nitrogens with one attached hydrogen (secondary N) is 1. The highest BCUT2D eigenvalue weighted by Gasteiger charge is 2.42. The van der Waals surface area contributed by atoms with Gasteiger partial charge in [-0.25, -0.2) is 4.90 Å². The first-order valence-electron chi connectivity index (χ1n) is 10.5. The number of methoxy groups -OCH3 is 2. The zero-order valence-electron chi connectivity index (χ0n) is 19.3. The summed E-state index contributed by atoms with van der Waals surface area (Å²) in [5.74, 6) is 0.0993. The minimum absolute atomic E-state index is 0.0147. The van der Waals surface area contributed by atoms with Crippen LogP contribution in [0.1, 0.15) is 31.2 Å². The van der Waals surface area contributed by atoms with Crippen LogP contribution in [0.2, 0.25) is 0 Å². The Morgan fingerprint density at radius 3 is 2.21 bits per heavy atom. The third kappa shape index (κ3) is 4.24. The van der Waals surface area contributed by atoms with Crippen LogP contribution in [0.15, 0.2) is 65.7 Å². The third-order valence-corrected chi connectivity index (χ3v) is 6.39. The van der Waals surface area contributed by atoms with E-state index in [-0.39, 0.29) is 11.1 Å². The van der Waals surface area contributed by atoms with Crippen molar-refractivity contribution in [2.75, 3.05) is 24.4 Å². The fourth-order valence-corrected chi connectivity index (χ4v) is 4.45. The summed E-state index contributed by atoms with van der Waals surface area (Å²) in [7, 11) is 3.04. The van der Waals surface area contributed by atoms with Gasteiger partial charge in [0, 0.05) is 16.6 Å². The number of amides is 2. The van der Waals surface area contributed by atoms with Crippen molar-refractivity contribution >= 4 is 40.1 Å². The molecule has 2 aromatic carbocycles. The predicted molar refractivity (Wildman–Crippen MR) is 132 cm³/mol. The maximum absolute atomic E-state index is 13.6. The number of hydrogen-bond acceptors (Lipinski definition) is 6. The zero-order valence-corrected chi connectivity index (χ0v) is 20.1. The molecule has 0 saturated carbocycles. The summed E-state index contributed by atoms with van der Waals surface area (Å²) in [6.45, 7) is 6.43. The zero-order chi connectivity index (χ0) is 23.8. The quantitative estimate of drug-likeness (QED) is 0.493. The Bertz CT molecular complexity index is 1220. The lowest BCUT2D eigenvalue weighted by molar-refractivity contribution is -0.120. The molecule has 3 aromatic rings. The number of thiophene rings is 1. The van der Waals surface area contributed by atoms with Gasteiger partial charge in [-0.05, 0) is 46.7 Å². The molecule has 1 aromatic heterocycles. The van der Waals surface area contributed by atoms with Crippen LogP contribution in [0, 0.1) is 0 Å². The number of carbonyl (C=O) groups excluding carboxylic acids is 2. The fraction of sp³-hybridized carbons (Fsp3) is 0.231. The summed E-state index contributed by atoms with van der Waals surface area (Å²) in [5, 5.41) is 5.09. The third-order valence-electron chi connectivity index (χ3n) is 5.50. The minimum Gasteiger partial charge on any atom is -0.497 e. The fourth-order valence-electron chi connectivity index (χ4n) is 3.68. The molecule has 1 aliphatic rings. The molecule has 6 nitrogen and oxygen atoms in total. The van der Waals surface area contributed by atoms with E-state index in [4.69, 9.17) is 9.47 Å². The topological polar surface area (TPSA) is 67.9 Å². The van der Waals surface area contributed by atoms with Crippen molar-refractivity contribution in [3.8, 4) is 11.5 Å². The van der Waals surface area contributed by atoms with Gasteiger partial charge in [-0.2, -0.15) is 0 Å². The normalized spacial score (nSPS) is 14.2. The van der Waals surface area contributed by atoms with Crippen LogP contribution in [0.3, 0.4) is 0 Å². The summed E-state index contributed by atoms with van der Waals surface area (Å²) >= 11 is 1.41. The van der Waals surface area contributed by atoms with Gasteiger partial charge in [-0.15, -0.1) is 11.3 Å². The Labute approximate surface area is 197 Å². The first-order valence-corrected chi connectivity index (χ1v) is 11.4. The molecule has 0 fully saturated rings. The van der Waals surface area contributed by atoms with E-state index in [2.05, 4.69) is 26.1 Å². The van der Waals surface area contributed by atoms with Gasteiger partial charge in [0.1, 0.15) is 17.2 Å². The van der Waals surface area contributed by atoms with Gasteiger partial charge in [-0.3, -0.25) is 9.59 Å². The molecule has 2 heterocycles. The smallest absolute Gasteiger partial charge is 0.282 e. The van der Waals surface area contributed by atoms with E-state index in [0.29, 0.717) is 22.8 Å². The number of hydrogen-bond donors (Lipinski definition) is 1. The molecule has 0 unspecified atom stereocenters. The number of rotatable bonds is 6. The standard InChI is InChI=1S/C26H26N2O4S/c1-26(2,3)16-8-10-17(11-9-16)27-23-22(21-7-6-14-33-21)24(29)28(25(23)30)19-13-12-18(31-4)15-20(19)32-5/h6-15,27H,1-5H3. The van der Waals surface area contributed by atoms with Crippen molar-refractivity contribution in [2.24, 2.45) is 0 Å². The average Bonchev–Trinajstić information content (AvgIpc) is 3.40. The van der Waals surface area contributed by atoms with Crippen LogP contribution in [0.4, 0.5) is 11.4 Å². The van der Waals surface area contributed by atoms with Crippen LogP contribution in [0.25, 0.3) is 5.57 Å². The highest BCUT2D eigenvalue weighted by molar-refractivity contribution is 7.11.